The molecule has 1 aliphatic heterocycles. The minimum absolute atomic E-state index is 0.0107. The molecule has 1 atom stereocenters. The van der Waals surface area contributed by atoms with Gasteiger partial charge in [0, 0.05) is 31.2 Å². The van der Waals surface area contributed by atoms with Gasteiger partial charge in [-0.05, 0) is 49.7 Å². The Morgan fingerprint density at radius 2 is 2.17 bits per heavy atom. The zero-order valence-corrected chi connectivity index (χ0v) is 16.2. The van der Waals surface area contributed by atoms with E-state index in [9.17, 15) is 9.59 Å². The second kappa shape index (κ2) is 6.72. The predicted molar refractivity (Wildman–Crippen MR) is 103 cm³/mol. The number of aromatic nitrogens is 2. The van der Waals surface area contributed by atoms with Crippen molar-refractivity contribution in [2.45, 2.75) is 26.2 Å². The van der Waals surface area contributed by atoms with Crippen molar-refractivity contribution in [1.29, 1.82) is 0 Å². The topological polar surface area (TPSA) is 101 Å². The molecule has 2 amide bonds. The van der Waals surface area contributed by atoms with Gasteiger partial charge in [-0.15, -0.1) is 0 Å². The molecule has 1 aliphatic carbocycles. The molecule has 2 fully saturated rings. The van der Waals surface area contributed by atoms with Gasteiger partial charge in [0.25, 0.3) is 11.8 Å². The molecule has 29 heavy (non-hydrogen) atoms. The van der Waals surface area contributed by atoms with Crippen molar-refractivity contribution < 1.29 is 18.5 Å². The second-order valence-electron chi connectivity index (χ2n) is 8.10. The van der Waals surface area contributed by atoms with E-state index in [0.717, 1.165) is 37.7 Å². The number of fused-ring (bicyclic) bond motifs is 1. The third-order valence-electron chi connectivity index (χ3n) is 6.44. The number of pyridine rings is 1. The highest BCUT2D eigenvalue weighted by Crippen LogP contribution is 2.59. The van der Waals surface area contributed by atoms with Crippen LogP contribution in [0.15, 0.2) is 39.7 Å². The maximum Gasteiger partial charge on any atom is 0.287 e. The molecule has 3 aromatic rings. The van der Waals surface area contributed by atoms with Crippen LogP contribution >= 0.6 is 0 Å². The normalized spacial score (nSPS) is 20.2. The Morgan fingerprint density at radius 3 is 2.90 bits per heavy atom. The van der Waals surface area contributed by atoms with Crippen molar-refractivity contribution in [3.63, 3.8) is 0 Å². The minimum Gasteiger partial charge on any atom is -0.449 e. The van der Waals surface area contributed by atoms with Gasteiger partial charge in [-0.1, -0.05) is 5.16 Å². The summed E-state index contributed by atoms with van der Waals surface area (Å²) in [4.78, 5) is 30.9. The number of likely N-dealkylation sites (tertiary alicyclic amines) is 1. The van der Waals surface area contributed by atoms with Gasteiger partial charge in [0.05, 0.1) is 11.9 Å². The Hall–Kier alpha value is -3.16. The number of hydrogen-bond acceptors (Lipinski definition) is 6. The Kier molecular flexibility index (Phi) is 4.15. The number of hydrogen-bond donors (Lipinski definition) is 1. The number of furan rings is 1. The molecule has 0 aromatic carbocycles. The van der Waals surface area contributed by atoms with E-state index in [4.69, 9.17) is 8.94 Å². The lowest BCUT2D eigenvalue weighted by Gasteiger charge is -2.33. The molecule has 8 nitrogen and oxygen atoms in total. The lowest BCUT2D eigenvalue weighted by molar-refractivity contribution is 0.0667. The Morgan fingerprint density at radius 1 is 1.34 bits per heavy atom. The highest BCUT2D eigenvalue weighted by molar-refractivity contribution is 5.96. The molecule has 1 spiro atoms. The smallest absolute Gasteiger partial charge is 0.287 e. The molecular weight excluding hydrogens is 372 g/mol. The molecule has 2 aliphatic rings. The van der Waals surface area contributed by atoms with E-state index in [2.05, 4.69) is 15.5 Å². The Bertz CT molecular complexity index is 1040. The number of nitrogens with one attached hydrogen (secondary N) is 1. The molecule has 1 saturated carbocycles. The lowest BCUT2D eigenvalue weighted by atomic mass is 9.90. The van der Waals surface area contributed by atoms with Crippen molar-refractivity contribution in [3.05, 3.63) is 47.8 Å². The Labute approximate surface area is 167 Å². The third kappa shape index (κ3) is 3.18. The van der Waals surface area contributed by atoms with E-state index in [1.807, 2.05) is 11.0 Å². The number of aryl methyl sites for hydroxylation is 1. The average molecular weight is 394 g/mol. The fourth-order valence-electron chi connectivity index (χ4n) is 4.46. The standard InChI is InChI=1S/C21H22N4O4/c1-13-16(12-28-24-13)20(27)25-6-3-21(4-7-25)9-15(21)10-23-19(26)17-8-14-2-5-22-11-18(14)29-17/h2,5,8,11-12,15H,3-4,6-7,9-10H2,1H3,(H,23,26). The van der Waals surface area contributed by atoms with Crippen LogP contribution in [0.4, 0.5) is 0 Å². The molecule has 0 bridgehead atoms. The fourth-order valence-corrected chi connectivity index (χ4v) is 4.46. The maximum atomic E-state index is 12.6. The summed E-state index contributed by atoms with van der Waals surface area (Å²) in [6.45, 7) is 3.86. The van der Waals surface area contributed by atoms with Gasteiger partial charge in [-0.2, -0.15) is 0 Å². The van der Waals surface area contributed by atoms with Gasteiger partial charge in [0.1, 0.15) is 11.8 Å². The molecule has 0 radical (unpaired) electrons. The molecule has 4 heterocycles. The number of rotatable bonds is 4. The van der Waals surface area contributed by atoms with Crippen LogP contribution in [0.25, 0.3) is 11.0 Å². The van der Waals surface area contributed by atoms with Crippen LogP contribution in [-0.4, -0.2) is 46.5 Å². The van der Waals surface area contributed by atoms with E-state index in [0.29, 0.717) is 35.1 Å². The van der Waals surface area contributed by atoms with Crippen LogP contribution in [0.1, 0.15) is 45.9 Å². The summed E-state index contributed by atoms with van der Waals surface area (Å²) in [7, 11) is 0. The van der Waals surface area contributed by atoms with E-state index < -0.39 is 0 Å². The Balaban J connectivity index is 1.14. The van der Waals surface area contributed by atoms with Crippen molar-refractivity contribution in [1.82, 2.24) is 20.4 Å². The summed E-state index contributed by atoms with van der Waals surface area (Å²) in [5.41, 5.74) is 2.02. The number of carbonyl (C=O) groups excluding carboxylic acids is 2. The van der Waals surface area contributed by atoms with Gasteiger partial charge in [0.15, 0.2) is 11.3 Å². The zero-order chi connectivity index (χ0) is 20.0. The number of piperidine rings is 1. The van der Waals surface area contributed by atoms with E-state index in [-0.39, 0.29) is 17.2 Å². The first-order valence-corrected chi connectivity index (χ1v) is 9.88. The molecule has 1 saturated heterocycles. The number of amides is 2. The first-order chi connectivity index (χ1) is 14.1. The summed E-state index contributed by atoms with van der Waals surface area (Å²) >= 11 is 0. The highest BCUT2D eigenvalue weighted by atomic mass is 16.5. The maximum absolute atomic E-state index is 12.6. The van der Waals surface area contributed by atoms with Crippen LogP contribution in [0.3, 0.4) is 0 Å². The third-order valence-corrected chi connectivity index (χ3v) is 6.44. The largest absolute Gasteiger partial charge is 0.449 e. The molecular formula is C21H22N4O4. The van der Waals surface area contributed by atoms with Crippen molar-refractivity contribution in [2.24, 2.45) is 11.3 Å². The summed E-state index contributed by atoms with van der Waals surface area (Å²) in [6, 6.07) is 3.56. The summed E-state index contributed by atoms with van der Waals surface area (Å²) in [5.74, 6) is 0.557. The SMILES string of the molecule is Cc1nocc1C(=O)N1CCC2(CC1)CC2CNC(=O)c1cc2ccncc2o1. The molecule has 8 heteroatoms. The first kappa shape index (κ1) is 17.9. The van der Waals surface area contributed by atoms with E-state index in [1.165, 1.54) is 6.26 Å². The van der Waals surface area contributed by atoms with Crippen LogP contribution < -0.4 is 5.32 Å². The minimum atomic E-state index is -0.196. The summed E-state index contributed by atoms with van der Waals surface area (Å²) in [5, 5.41) is 7.66. The quantitative estimate of drug-likeness (QED) is 0.730. The fraction of sp³-hybridized carbons (Fsp3) is 0.429. The average Bonchev–Trinajstić information content (AvgIpc) is 3.08. The second-order valence-corrected chi connectivity index (χ2v) is 8.10. The van der Waals surface area contributed by atoms with Gasteiger partial charge < -0.3 is 19.2 Å². The van der Waals surface area contributed by atoms with E-state index >= 15 is 0 Å². The molecule has 5 rings (SSSR count). The van der Waals surface area contributed by atoms with Gasteiger partial charge >= 0.3 is 0 Å². The van der Waals surface area contributed by atoms with Crippen molar-refractivity contribution in [2.75, 3.05) is 19.6 Å². The lowest BCUT2D eigenvalue weighted by Crippen LogP contribution is -2.40. The van der Waals surface area contributed by atoms with E-state index in [1.54, 1.807) is 25.4 Å². The van der Waals surface area contributed by atoms with Crippen LogP contribution in [0.5, 0.6) is 0 Å². The molecule has 1 unspecified atom stereocenters. The van der Waals surface area contributed by atoms with Crippen LogP contribution in [-0.2, 0) is 0 Å². The van der Waals surface area contributed by atoms with Crippen LogP contribution in [0.2, 0.25) is 0 Å². The number of nitrogens with zero attached hydrogens (tertiary/aromatic N) is 3. The predicted octanol–water partition coefficient (Wildman–Crippen LogP) is 2.80. The monoisotopic (exact) mass is 394 g/mol. The zero-order valence-electron chi connectivity index (χ0n) is 16.2. The molecule has 150 valence electrons. The van der Waals surface area contributed by atoms with Crippen molar-refractivity contribution >= 4 is 22.8 Å². The summed E-state index contributed by atoms with van der Waals surface area (Å²) in [6.07, 6.45) is 7.71. The van der Waals surface area contributed by atoms with Gasteiger partial charge in [0.2, 0.25) is 0 Å². The molecule has 3 aromatic heterocycles. The van der Waals surface area contributed by atoms with Crippen LogP contribution in [0, 0.1) is 18.3 Å². The first-order valence-electron chi connectivity index (χ1n) is 9.88. The highest BCUT2D eigenvalue weighted by Gasteiger charge is 2.54. The van der Waals surface area contributed by atoms with Gasteiger partial charge in [-0.25, -0.2) is 0 Å². The van der Waals surface area contributed by atoms with Gasteiger partial charge in [-0.3, -0.25) is 14.6 Å². The molecule has 1 N–H and O–H groups in total. The van der Waals surface area contributed by atoms with Crippen molar-refractivity contribution in [3.8, 4) is 0 Å². The number of carbonyl (C=O) groups is 2. The summed E-state index contributed by atoms with van der Waals surface area (Å²) < 4.78 is 10.5.